The van der Waals surface area contributed by atoms with E-state index < -0.39 is 0 Å². The van der Waals surface area contributed by atoms with Gasteiger partial charge in [-0.15, -0.1) is 0 Å². The van der Waals surface area contributed by atoms with Crippen LogP contribution in [0.3, 0.4) is 0 Å². The lowest BCUT2D eigenvalue weighted by atomic mass is 9.71. The molecule has 5 aromatic heterocycles. The number of likely N-dealkylation sites (N-methyl/N-ethyl adjacent to an activating group) is 10. The van der Waals surface area contributed by atoms with Crippen LogP contribution in [0.15, 0.2) is 0 Å². The molecule has 0 unspecified atom stereocenters. The highest BCUT2D eigenvalue weighted by molar-refractivity contribution is 5.80. The molecule has 7 N–H and O–H groups in total. The number of rotatable bonds is 30. The van der Waals surface area contributed by atoms with Gasteiger partial charge in [0.2, 0.25) is 11.8 Å². The molecule has 10 fully saturated rings. The predicted octanol–water partition coefficient (Wildman–Crippen LogP) is 12.1. The fourth-order valence-corrected chi connectivity index (χ4v) is 26.8. The summed E-state index contributed by atoms with van der Waals surface area (Å²) in [5, 5.41) is 47.8. The van der Waals surface area contributed by atoms with Crippen molar-refractivity contribution < 1.29 is 33.3 Å². The van der Waals surface area contributed by atoms with Crippen molar-refractivity contribution in [2.24, 2.45) is 10.8 Å². The SMILES string of the molecule is CNCCN(C)Cc1nn2c(c1C1CCC3(CC1)CC(C)(C)CO3)COCC2.CNCCN(C)Cc1nn2c(c1C1CCC3(CC1)CC(C)(C)CO3)COCC2.CNCCN(C)Cc1nn2c(c1C1CCC3(CCC(=O)N3)CC1)CCC2.CNCCN(C)Cc1nn2c(c1C1CCC3(CCC(=O)N3)CC1)CCC2.CNCCN(C)Cc1nn2c(c1C1CCC3(CCCO3)CC1)CCC2. The molecule has 15 heterocycles. The van der Waals surface area contributed by atoms with Crippen LogP contribution in [-0.4, -0.2) is 282 Å². The summed E-state index contributed by atoms with van der Waals surface area (Å²) in [6.45, 7) is 35.2. The van der Waals surface area contributed by atoms with Gasteiger partial charge >= 0.3 is 0 Å². The summed E-state index contributed by atoms with van der Waals surface area (Å²) < 4.78 is 41.8. The van der Waals surface area contributed by atoms with Gasteiger partial charge in [0.1, 0.15) is 0 Å². The second-order valence-electron chi connectivity index (χ2n) is 45.6. The van der Waals surface area contributed by atoms with Gasteiger partial charge in [-0.2, -0.15) is 25.5 Å². The normalized spacial score (nSPS) is 28.9. The molecule has 29 nitrogen and oxygen atoms in total. The fourth-order valence-electron chi connectivity index (χ4n) is 26.8. The summed E-state index contributed by atoms with van der Waals surface area (Å²) in [5.41, 5.74) is 22.8. The minimum absolute atomic E-state index is 0.105. The van der Waals surface area contributed by atoms with Crippen LogP contribution in [0.2, 0.25) is 0 Å². The number of fused-ring (bicyclic) bond motifs is 5. The minimum Gasteiger partial charge on any atom is -0.375 e. The first kappa shape index (κ1) is 100. The van der Waals surface area contributed by atoms with Gasteiger partial charge in [0.25, 0.3) is 0 Å². The number of hydrogen-bond donors (Lipinski definition) is 7. The molecule has 0 atom stereocenters. The summed E-state index contributed by atoms with van der Waals surface area (Å²) in [7, 11) is 21.0. The number of carbonyl (C=O) groups is 2. The molecule has 15 aliphatic rings. The highest BCUT2D eigenvalue weighted by Gasteiger charge is 2.51. The number of amides is 2. The topological polar surface area (TPSA) is 270 Å². The average molecular weight is 1850 g/mol. The van der Waals surface area contributed by atoms with Crippen LogP contribution in [0, 0.1) is 10.8 Å². The largest absolute Gasteiger partial charge is 0.375 e. The third-order valence-electron chi connectivity index (χ3n) is 33.8. The van der Waals surface area contributed by atoms with Crippen LogP contribution < -0.4 is 37.2 Å². The van der Waals surface area contributed by atoms with Crippen molar-refractivity contribution in [1.82, 2.24) is 111 Å². The van der Waals surface area contributed by atoms with E-state index in [0.29, 0.717) is 53.6 Å². The van der Waals surface area contributed by atoms with E-state index in [1.54, 1.807) is 22.4 Å². The minimum atomic E-state index is 0.105. The van der Waals surface area contributed by atoms with Gasteiger partial charge in [-0.05, 0) is 316 Å². The summed E-state index contributed by atoms with van der Waals surface area (Å²) in [4.78, 5) is 35.3. The molecule has 0 bridgehead atoms. The Morgan fingerprint density at radius 1 is 0.331 bits per heavy atom. The van der Waals surface area contributed by atoms with Crippen LogP contribution in [0.1, 0.15) is 341 Å². The summed E-state index contributed by atoms with van der Waals surface area (Å²) in [6.07, 6.45) is 39.7. The molecule has 2 amide bonds. The number of nitrogens with zero attached hydrogens (tertiary/aromatic N) is 15. The lowest BCUT2D eigenvalue weighted by Gasteiger charge is -2.37. The molecule has 10 aliphatic heterocycles. The van der Waals surface area contributed by atoms with Gasteiger partial charge in [-0.25, -0.2) is 0 Å². The van der Waals surface area contributed by atoms with Gasteiger partial charge in [0, 0.05) is 193 Å². The molecule has 133 heavy (non-hydrogen) atoms. The van der Waals surface area contributed by atoms with Gasteiger partial charge in [0.05, 0.1) is 109 Å². The molecule has 0 radical (unpaired) electrons. The quantitative estimate of drug-likeness (QED) is 0.0225. The van der Waals surface area contributed by atoms with Crippen molar-refractivity contribution >= 4 is 11.8 Å². The predicted molar refractivity (Wildman–Crippen MR) is 525 cm³/mol. The molecule has 5 aliphatic carbocycles. The van der Waals surface area contributed by atoms with Crippen LogP contribution in [0.25, 0.3) is 0 Å². The highest BCUT2D eigenvalue weighted by Crippen LogP contribution is 2.55. The Morgan fingerprint density at radius 2 is 0.609 bits per heavy atom. The molecule has 5 aromatic rings. The van der Waals surface area contributed by atoms with Crippen LogP contribution >= 0.6 is 0 Å². The summed E-state index contributed by atoms with van der Waals surface area (Å²) >= 11 is 0. The lowest BCUT2D eigenvalue weighted by Crippen LogP contribution is -2.44. The van der Waals surface area contributed by atoms with E-state index in [9.17, 15) is 9.59 Å². The fraction of sp³-hybridized carbons (Fsp3) is 0.837. The van der Waals surface area contributed by atoms with Gasteiger partial charge in [0.15, 0.2) is 0 Å². The zero-order valence-electron chi connectivity index (χ0n) is 85.1. The van der Waals surface area contributed by atoms with Gasteiger partial charge in [-0.1, -0.05) is 27.7 Å². The molecule has 20 rings (SSSR count). The van der Waals surface area contributed by atoms with Crippen molar-refractivity contribution in [3.63, 3.8) is 0 Å². The van der Waals surface area contributed by atoms with Gasteiger partial charge in [-0.3, -0.25) is 57.5 Å². The van der Waals surface area contributed by atoms with E-state index in [0.717, 1.165) is 215 Å². The Labute approximate surface area is 798 Å². The maximum absolute atomic E-state index is 11.7. The molecular weight excluding hydrogens is 1670 g/mol. The van der Waals surface area contributed by atoms with E-state index in [-0.39, 0.29) is 39.7 Å². The van der Waals surface area contributed by atoms with Crippen molar-refractivity contribution in [2.75, 3.05) is 169 Å². The number of nitrogens with one attached hydrogen (secondary N) is 7. The Balaban J connectivity index is 0.000000121. The summed E-state index contributed by atoms with van der Waals surface area (Å²) in [6, 6.07) is 0. The Bertz CT molecular complexity index is 4330. The zero-order chi connectivity index (χ0) is 93.1. The average Bonchev–Trinajstić information content (AvgIpc) is 1.63. The van der Waals surface area contributed by atoms with Crippen LogP contribution in [0.5, 0.6) is 0 Å². The molecule has 5 saturated heterocycles. The van der Waals surface area contributed by atoms with Crippen molar-refractivity contribution in [1.29, 1.82) is 0 Å². The molecule has 5 saturated carbocycles. The van der Waals surface area contributed by atoms with E-state index >= 15 is 0 Å². The number of carbonyl (C=O) groups excluding carboxylic acids is 2. The van der Waals surface area contributed by atoms with Crippen molar-refractivity contribution in [2.45, 2.75) is 382 Å². The number of ether oxygens (including phenoxy) is 5. The van der Waals surface area contributed by atoms with Crippen LogP contribution in [-0.2, 0) is 131 Å². The van der Waals surface area contributed by atoms with E-state index in [2.05, 4.69) is 148 Å². The number of aryl methyl sites for hydroxylation is 3. The zero-order valence-corrected chi connectivity index (χ0v) is 85.1. The third kappa shape index (κ3) is 24.4. The van der Waals surface area contributed by atoms with E-state index in [1.807, 2.05) is 35.2 Å². The Morgan fingerprint density at radius 3 is 0.865 bits per heavy atom. The molecule has 5 spiro atoms. The smallest absolute Gasteiger partial charge is 0.220 e. The lowest BCUT2D eigenvalue weighted by molar-refractivity contribution is -0.120. The maximum atomic E-state index is 11.7. The monoisotopic (exact) mass is 1850 g/mol. The highest BCUT2D eigenvalue weighted by atomic mass is 16.5. The molecule has 744 valence electrons. The standard InChI is InChI=1S/2C22H38N4O2.2C20H33N5O.C20H34N4O/c2*1-21(2)15-22(28-16-21)7-5-17(6-8-22)20-18(13-25(4)10-9-23-3)24-26-11-12-27-14-19(20)26;2*1-21-11-13-24(2)14-16-19(17-4-3-12-25(17)23-16)15-5-8-20(9-6-15)10-7-18(26)22-20;1-21-11-13-23(2)15-17-19(18-5-3-12-24(18)22-17)16-6-9-20(10-7-16)8-4-14-25-20/h2*17,23H,5-16H2,1-4H3;2*15,21H,3-14H2,1-2H3,(H,22,26);16,21H,3-15H2,1-2H3. The van der Waals surface area contributed by atoms with Gasteiger partial charge < -0.3 is 60.9 Å². The molecule has 29 heteroatoms. The van der Waals surface area contributed by atoms with E-state index in [4.69, 9.17) is 49.2 Å². The Hall–Kier alpha value is -5.61. The molecule has 0 aromatic carbocycles. The number of hydrogen-bond acceptors (Lipinski definition) is 22. The van der Waals surface area contributed by atoms with Crippen LogP contribution in [0.4, 0.5) is 0 Å². The van der Waals surface area contributed by atoms with Crippen molar-refractivity contribution in [3.05, 3.63) is 84.8 Å². The second kappa shape index (κ2) is 44.9. The second-order valence-corrected chi connectivity index (χ2v) is 45.6. The third-order valence-corrected chi connectivity index (χ3v) is 33.8. The maximum Gasteiger partial charge on any atom is 0.220 e. The number of aromatic nitrogens is 10. The first-order valence-electron chi connectivity index (χ1n) is 53.0. The first-order valence-corrected chi connectivity index (χ1v) is 53.0. The van der Waals surface area contributed by atoms with E-state index in [1.165, 1.54) is 229 Å². The van der Waals surface area contributed by atoms with Crippen molar-refractivity contribution in [3.8, 4) is 0 Å². The first-order chi connectivity index (χ1) is 64.2. The summed E-state index contributed by atoms with van der Waals surface area (Å²) in [5.74, 6) is 3.63. The molecular formula is C104H176N22O7. The Kier molecular flexibility index (Phi) is 33.9.